The minimum absolute atomic E-state index is 0.00585. The molecule has 3 saturated heterocycles. The Balaban J connectivity index is 1.95. The highest BCUT2D eigenvalue weighted by Crippen LogP contribution is 2.60. The van der Waals surface area contributed by atoms with Gasteiger partial charge < -0.3 is 18.3 Å². The minimum Gasteiger partial charge on any atom is -0.479 e. The molecule has 19 heavy (non-hydrogen) atoms. The molecular weight excluding hydrogens is 263 g/mol. The third-order valence-electron chi connectivity index (χ3n) is 3.88. The van der Waals surface area contributed by atoms with E-state index in [1.165, 1.54) is 0 Å². The fourth-order valence-corrected chi connectivity index (χ4v) is 4.37. The fraction of sp³-hybridized carbons (Fsp3) is 0.571. The molecule has 0 spiro atoms. The van der Waals surface area contributed by atoms with Crippen molar-refractivity contribution in [3.63, 3.8) is 0 Å². The molecular formula is C14H19O4P. The van der Waals surface area contributed by atoms with Gasteiger partial charge in [-0.2, -0.15) is 0 Å². The number of fused-ring (bicyclic) bond motifs is 3. The second-order valence-corrected chi connectivity index (χ2v) is 6.07. The highest BCUT2D eigenvalue weighted by molar-refractivity contribution is 7.42. The van der Waals surface area contributed by atoms with E-state index in [2.05, 4.69) is 6.92 Å². The van der Waals surface area contributed by atoms with Crippen molar-refractivity contribution in [2.75, 3.05) is 0 Å². The molecule has 3 heterocycles. The average molecular weight is 282 g/mol. The third-order valence-corrected chi connectivity index (χ3v) is 5.29. The Bertz CT molecular complexity index is 426. The predicted octanol–water partition coefficient (Wildman–Crippen LogP) is 3.66. The molecule has 0 amide bonds. The number of hydrogen-bond acceptors (Lipinski definition) is 4. The summed E-state index contributed by atoms with van der Waals surface area (Å²) in [7, 11) is -1.21. The van der Waals surface area contributed by atoms with Gasteiger partial charge in [0.25, 0.3) is 0 Å². The Labute approximate surface area is 115 Å². The van der Waals surface area contributed by atoms with Gasteiger partial charge in [-0.3, -0.25) is 0 Å². The molecule has 0 N–H and O–H groups in total. The summed E-state index contributed by atoms with van der Waals surface area (Å²) in [5.74, 6) is 0.823. The predicted molar refractivity (Wildman–Crippen MR) is 73.0 cm³/mol. The normalized spacial score (nSPS) is 41.2. The van der Waals surface area contributed by atoms with Gasteiger partial charge in [0.1, 0.15) is 24.1 Å². The zero-order valence-corrected chi connectivity index (χ0v) is 12.3. The summed E-state index contributed by atoms with van der Waals surface area (Å²) in [6.07, 6.45) is 0.807. The quantitative estimate of drug-likeness (QED) is 0.793. The second-order valence-electron chi connectivity index (χ2n) is 4.99. The number of hydrogen-bond donors (Lipinski definition) is 0. The van der Waals surface area contributed by atoms with E-state index in [1.807, 2.05) is 44.2 Å². The van der Waals surface area contributed by atoms with Crippen molar-refractivity contribution in [3.05, 3.63) is 30.3 Å². The van der Waals surface area contributed by atoms with Gasteiger partial charge in [0, 0.05) is 0 Å². The lowest BCUT2D eigenvalue weighted by atomic mass is 9.84. The third kappa shape index (κ3) is 2.07. The minimum atomic E-state index is -1.21. The fourth-order valence-electron chi connectivity index (χ4n) is 2.86. The summed E-state index contributed by atoms with van der Waals surface area (Å²) in [4.78, 5) is 0. The first kappa shape index (κ1) is 13.3. The SMILES string of the molecule is CCC1OP2OC(C)C1(Oc1ccccc1)C(C)O2. The molecule has 0 radical (unpaired) electrons. The molecule has 4 rings (SSSR count). The van der Waals surface area contributed by atoms with E-state index in [1.54, 1.807) is 0 Å². The maximum absolute atomic E-state index is 6.29. The smallest absolute Gasteiger partial charge is 0.333 e. The van der Waals surface area contributed by atoms with Crippen LogP contribution in [0, 0.1) is 0 Å². The summed E-state index contributed by atoms with van der Waals surface area (Å²) in [5, 5.41) is 0. The molecule has 1 aromatic rings. The van der Waals surface area contributed by atoms with E-state index in [-0.39, 0.29) is 18.3 Å². The maximum Gasteiger partial charge on any atom is 0.333 e. The summed E-state index contributed by atoms with van der Waals surface area (Å²) in [6, 6.07) is 9.80. The molecule has 5 heteroatoms. The van der Waals surface area contributed by atoms with Gasteiger partial charge in [-0.1, -0.05) is 25.1 Å². The first-order valence-corrected chi connectivity index (χ1v) is 7.81. The van der Waals surface area contributed by atoms with E-state index in [0.29, 0.717) is 0 Å². The van der Waals surface area contributed by atoms with Crippen LogP contribution in [0.15, 0.2) is 30.3 Å². The Morgan fingerprint density at radius 1 is 1.11 bits per heavy atom. The zero-order chi connectivity index (χ0) is 13.5. The van der Waals surface area contributed by atoms with Crippen LogP contribution in [0.2, 0.25) is 0 Å². The molecule has 3 aliphatic rings. The van der Waals surface area contributed by atoms with Crippen LogP contribution in [-0.4, -0.2) is 23.9 Å². The van der Waals surface area contributed by atoms with Gasteiger partial charge in [-0.15, -0.1) is 0 Å². The van der Waals surface area contributed by atoms with Crippen LogP contribution in [0.4, 0.5) is 0 Å². The van der Waals surface area contributed by atoms with E-state index in [9.17, 15) is 0 Å². The van der Waals surface area contributed by atoms with Crippen LogP contribution >= 0.6 is 8.60 Å². The molecule has 104 valence electrons. The standard InChI is InChI=1S/C14H19O4P/c1-4-13-14(15-12-8-6-5-7-9-12)10(2)16-19(18-13)17-11(14)3/h5-11,13H,4H2,1-3H3. The van der Waals surface area contributed by atoms with Gasteiger partial charge in [0.05, 0.1) is 0 Å². The van der Waals surface area contributed by atoms with Gasteiger partial charge in [-0.05, 0) is 32.4 Å². The number of benzene rings is 1. The highest BCUT2D eigenvalue weighted by atomic mass is 31.2. The van der Waals surface area contributed by atoms with Crippen LogP contribution in [0.5, 0.6) is 5.75 Å². The largest absolute Gasteiger partial charge is 0.479 e. The molecule has 4 nitrogen and oxygen atoms in total. The topological polar surface area (TPSA) is 36.9 Å². The van der Waals surface area contributed by atoms with Crippen molar-refractivity contribution in [1.29, 1.82) is 0 Å². The Morgan fingerprint density at radius 3 is 2.32 bits per heavy atom. The first-order valence-electron chi connectivity index (χ1n) is 6.71. The van der Waals surface area contributed by atoms with Crippen molar-refractivity contribution in [2.24, 2.45) is 0 Å². The molecule has 3 atom stereocenters. The molecule has 0 saturated carbocycles. The lowest BCUT2D eigenvalue weighted by molar-refractivity contribution is -0.223. The first-order chi connectivity index (χ1) is 9.16. The van der Waals surface area contributed by atoms with Crippen LogP contribution in [0.1, 0.15) is 27.2 Å². The molecule has 1 aromatic carbocycles. The monoisotopic (exact) mass is 282 g/mol. The Kier molecular flexibility index (Phi) is 3.52. The van der Waals surface area contributed by atoms with Crippen molar-refractivity contribution in [2.45, 2.75) is 51.1 Å². The lowest BCUT2D eigenvalue weighted by Crippen LogP contribution is -2.68. The van der Waals surface area contributed by atoms with Crippen molar-refractivity contribution < 1.29 is 18.3 Å². The summed E-state index contributed by atoms with van der Waals surface area (Å²) >= 11 is 0. The van der Waals surface area contributed by atoms with E-state index in [0.717, 1.165) is 12.2 Å². The average Bonchev–Trinajstić information content (AvgIpc) is 2.41. The summed E-state index contributed by atoms with van der Waals surface area (Å²) in [6.45, 7) is 6.20. The molecule has 0 aromatic heterocycles. The molecule has 3 unspecified atom stereocenters. The molecule has 0 aliphatic carbocycles. The van der Waals surface area contributed by atoms with Gasteiger partial charge in [0.15, 0.2) is 5.60 Å². The van der Waals surface area contributed by atoms with Crippen molar-refractivity contribution >= 4 is 8.60 Å². The van der Waals surface area contributed by atoms with Crippen LogP contribution < -0.4 is 4.74 Å². The van der Waals surface area contributed by atoms with E-state index >= 15 is 0 Å². The highest BCUT2D eigenvalue weighted by Gasteiger charge is 2.62. The van der Waals surface area contributed by atoms with Gasteiger partial charge in [0.2, 0.25) is 0 Å². The summed E-state index contributed by atoms with van der Waals surface area (Å²) < 4.78 is 23.7. The zero-order valence-electron chi connectivity index (χ0n) is 11.4. The van der Waals surface area contributed by atoms with Crippen LogP contribution in [0.25, 0.3) is 0 Å². The Hall–Kier alpha value is -0.670. The van der Waals surface area contributed by atoms with E-state index < -0.39 is 14.2 Å². The number of para-hydroxylation sites is 1. The molecule has 3 fully saturated rings. The van der Waals surface area contributed by atoms with Gasteiger partial charge >= 0.3 is 8.60 Å². The number of rotatable bonds is 3. The summed E-state index contributed by atoms with van der Waals surface area (Å²) in [5.41, 5.74) is -0.576. The molecule has 2 bridgehead atoms. The maximum atomic E-state index is 6.29. The van der Waals surface area contributed by atoms with Crippen LogP contribution in [0.3, 0.4) is 0 Å². The number of ether oxygens (including phenoxy) is 1. The van der Waals surface area contributed by atoms with Crippen molar-refractivity contribution in [1.82, 2.24) is 0 Å². The van der Waals surface area contributed by atoms with Gasteiger partial charge in [-0.25, -0.2) is 0 Å². The second kappa shape index (κ2) is 5.02. The van der Waals surface area contributed by atoms with Crippen LogP contribution in [-0.2, 0) is 13.6 Å². The van der Waals surface area contributed by atoms with E-state index in [4.69, 9.17) is 18.3 Å². The molecule has 3 aliphatic heterocycles. The van der Waals surface area contributed by atoms with Crippen molar-refractivity contribution in [3.8, 4) is 5.75 Å². The Morgan fingerprint density at radius 2 is 1.74 bits per heavy atom. The lowest BCUT2D eigenvalue weighted by Gasteiger charge is -2.55.